The highest BCUT2D eigenvalue weighted by atomic mass is 16.3. The van der Waals surface area contributed by atoms with Crippen LogP contribution in [-0.4, -0.2) is 10.1 Å². The predicted molar refractivity (Wildman–Crippen MR) is 78.4 cm³/mol. The van der Waals surface area contributed by atoms with E-state index in [9.17, 15) is 5.11 Å². The molecule has 1 N–H and O–H groups in total. The van der Waals surface area contributed by atoms with Gasteiger partial charge < -0.3 is 5.11 Å². The second-order valence-corrected chi connectivity index (χ2v) is 5.62. The Balaban J connectivity index is 2.54. The molecule has 0 aliphatic rings. The summed E-state index contributed by atoms with van der Waals surface area (Å²) in [5.74, 6) is 0.617. The average molecular weight is 255 g/mol. The molecule has 2 aromatic rings. The number of hydrogen-bond donors (Lipinski definition) is 1. The summed E-state index contributed by atoms with van der Waals surface area (Å²) in [6.45, 7) is 8.71. The Morgan fingerprint density at radius 3 is 2.16 bits per heavy atom. The van der Waals surface area contributed by atoms with Gasteiger partial charge in [-0.25, -0.2) is 0 Å². The molecular formula is C17H21NO. The van der Waals surface area contributed by atoms with Gasteiger partial charge in [0.15, 0.2) is 0 Å². The molecular weight excluding hydrogens is 234 g/mol. The zero-order valence-electron chi connectivity index (χ0n) is 12.0. The van der Waals surface area contributed by atoms with Gasteiger partial charge in [0.2, 0.25) is 0 Å². The maximum atomic E-state index is 9.41. The topological polar surface area (TPSA) is 33.1 Å². The first-order valence-electron chi connectivity index (χ1n) is 6.67. The van der Waals surface area contributed by atoms with Gasteiger partial charge in [-0.15, -0.1) is 0 Å². The maximum absolute atomic E-state index is 9.41. The van der Waals surface area contributed by atoms with Crippen LogP contribution in [0.25, 0.3) is 0 Å². The fourth-order valence-corrected chi connectivity index (χ4v) is 2.37. The van der Waals surface area contributed by atoms with Gasteiger partial charge in [0.05, 0.1) is 11.9 Å². The third-order valence-electron chi connectivity index (χ3n) is 4.09. The summed E-state index contributed by atoms with van der Waals surface area (Å²) in [6, 6.07) is 12.2. The van der Waals surface area contributed by atoms with Gasteiger partial charge in [-0.1, -0.05) is 43.7 Å². The number of pyridine rings is 1. The Bertz CT molecular complexity index is 495. The number of rotatable bonds is 3. The van der Waals surface area contributed by atoms with Gasteiger partial charge in [0.25, 0.3) is 0 Å². The molecule has 0 saturated carbocycles. The average Bonchev–Trinajstić information content (AvgIpc) is 2.39. The summed E-state index contributed by atoms with van der Waals surface area (Å²) < 4.78 is 0. The molecule has 19 heavy (non-hydrogen) atoms. The summed E-state index contributed by atoms with van der Waals surface area (Å²) in [5.41, 5.74) is 3.35. The van der Waals surface area contributed by atoms with Crippen molar-refractivity contribution in [1.29, 1.82) is 0 Å². The van der Waals surface area contributed by atoms with Gasteiger partial charge in [-0.3, -0.25) is 4.98 Å². The number of aryl methyl sites for hydroxylation is 1. The van der Waals surface area contributed by atoms with Crippen LogP contribution in [0.4, 0.5) is 0 Å². The smallest absolute Gasteiger partial charge is 0.133 e. The Morgan fingerprint density at radius 2 is 1.68 bits per heavy atom. The van der Waals surface area contributed by atoms with E-state index in [0.717, 1.165) is 5.69 Å². The highest BCUT2D eigenvalue weighted by Crippen LogP contribution is 2.38. The molecule has 0 spiro atoms. The van der Waals surface area contributed by atoms with Gasteiger partial charge in [-0.05, 0) is 37.5 Å². The van der Waals surface area contributed by atoms with Crippen molar-refractivity contribution in [3.05, 3.63) is 59.4 Å². The summed E-state index contributed by atoms with van der Waals surface area (Å²) in [5, 5.41) is 9.41. The molecule has 1 atom stereocenters. The molecule has 0 amide bonds. The van der Waals surface area contributed by atoms with Crippen molar-refractivity contribution in [2.24, 2.45) is 5.92 Å². The lowest BCUT2D eigenvalue weighted by atomic mass is 9.70. The largest absolute Gasteiger partial charge is 0.506 e. The minimum absolute atomic E-state index is 0.151. The Labute approximate surface area is 115 Å². The molecule has 100 valence electrons. The minimum atomic E-state index is -0.151. The van der Waals surface area contributed by atoms with Crippen LogP contribution in [0.2, 0.25) is 0 Å². The number of hydrogen-bond acceptors (Lipinski definition) is 2. The summed E-state index contributed by atoms with van der Waals surface area (Å²) >= 11 is 0. The Kier molecular flexibility index (Phi) is 3.61. The molecule has 1 heterocycles. The van der Waals surface area contributed by atoms with E-state index in [2.05, 4.69) is 56.9 Å². The van der Waals surface area contributed by atoms with E-state index in [1.165, 1.54) is 17.3 Å². The fraction of sp³-hybridized carbons (Fsp3) is 0.353. The van der Waals surface area contributed by atoms with Crippen molar-refractivity contribution in [3.8, 4) is 5.75 Å². The van der Waals surface area contributed by atoms with Crippen LogP contribution in [-0.2, 0) is 5.41 Å². The SMILES string of the molecule is Cc1ccc([C@@](C)(c2ccc(O)cn2)C(C)C)cc1. The van der Waals surface area contributed by atoms with Gasteiger partial charge in [0, 0.05) is 5.41 Å². The lowest BCUT2D eigenvalue weighted by molar-refractivity contribution is 0.392. The first-order valence-corrected chi connectivity index (χ1v) is 6.67. The number of aromatic nitrogens is 1. The highest BCUT2D eigenvalue weighted by Gasteiger charge is 2.33. The monoisotopic (exact) mass is 255 g/mol. The van der Waals surface area contributed by atoms with Crippen molar-refractivity contribution in [1.82, 2.24) is 4.98 Å². The van der Waals surface area contributed by atoms with Gasteiger partial charge >= 0.3 is 0 Å². The third kappa shape index (κ3) is 2.48. The molecule has 2 heteroatoms. The van der Waals surface area contributed by atoms with Crippen LogP contribution >= 0.6 is 0 Å². The van der Waals surface area contributed by atoms with Crippen LogP contribution in [0.5, 0.6) is 5.75 Å². The standard InChI is InChI=1S/C17H21NO/c1-12(2)17(4,14-7-5-13(3)6-8-14)16-10-9-15(19)11-18-16/h5-12,19H,1-4H3/t17-/m0/s1. The zero-order chi connectivity index (χ0) is 14.0. The van der Waals surface area contributed by atoms with E-state index >= 15 is 0 Å². The van der Waals surface area contributed by atoms with Crippen LogP contribution in [0.1, 0.15) is 37.6 Å². The van der Waals surface area contributed by atoms with Crippen molar-refractivity contribution >= 4 is 0 Å². The van der Waals surface area contributed by atoms with Gasteiger partial charge in [-0.2, -0.15) is 0 Å². The first kappa shape index (κ1) is 13.6. The molecule has 0 aliphatic heterocycles. The second kappa shape index (κ2) is 5.04. The molecule has 0 unspecified atom stereocenters. The molecule has 1 aromatic carbocycles. The first-order chi connectivity index (χ1) is 8.94. The van der Waals surface area contributed by atoms with E-state index in [1.807, 2.05) is 6.07 Å². The van der Waals surface area contributed by atoms with Crippen molar-refractivity contribution in [2.45, 2.75) is 33.1 Å². The second-order valence-electron chi connectivity index (χ2n) is 5.62. The molecule has 0 radical (unpaired) electrons. The minimum Gasteiger partial charge on any atom is -0.506 e. The number of benzene rings is 1. The van der Waals surface area contributed by atoms with E-state index in [-0.39, 0.29) is 11.2 Å². The number of aromatic hydroxyl groups is 1. The van der Waals surface area contributed by atoms with E-state index in [1.54, 1.807) is 6.07 Å². The van der Waals surface area contributed by atoms with Crippen LogP contribution in [0, 0.1) is 12.8 Å². The highest BCUT2D eigenvalue weighted by molar-refractivity contribution is 5.38. The van der Waals surface area contributed by atoms with Crippen molar-refractivity contribution in [2.75, 3.05) is 0 Å². The van der Waals surface area contributed by atoms with E-state index < -0.39 is 0 Å². The number of nitrogens with zero attached hydrogens (tertiary/aromatic N) is 1. The summed E-state index contributed by atoms with van der Waals surface area (Å²) in [6.07, 6.45) is 1.52. The lowest BCUT2D eigenvalue weighted by Crippen LogP contribution is -2.31. The molecule has 2 rings (SSSR count). The van der Waals surface area contributed by atoms with E-state index in [4.69, 9.17) is 0 Å². The molecule has 2 nitrogen and oxygen atoms in total. The van der Waals surface area contributed by atoms with Crippen LogP contribution < -0.4 is 0 Å². The van der Waals surface area contributed by atoms with Crippen molar-refractivity contribution in [3.63, 3.8) is 0 Å². The van der Waals surface area contributed by atoms with Crippen LogP contribution in [0.15, 0.2) is 42.6 Å². The normalized spacial score (nSPS) is 14.4. The molecule has 0 aliphatic carbocycles. The summed E-state index contributed by atoms with van der Waals surface area (Å²) in [7, 11) is 0. The fourth-order valence-electron chi connectivity index (χ4n) is 2.37. The molecule has 0 fully saturated rings. The van der Waals surface area contributed by atoms with E-state index in [0.29, 0.717) is 5.92 Å². The molecule has 0 saturated heterocycles. The quantitative estimate of drug-likeness (QED) is 0.897. The lowest BCUT2D eigenvalue weighted by Gasteiger charge is -2.34. The maximum Gasteiger partial charge on any atom is 0.133 e. The summed E-state index contributed by atoms with van der Waals surface area (Å²) in [4.78, 5) is 4.42. The van der Waals surface area contributed by atoms with Gasteiger partial charge in [0.1, 0.15) is 5.75 Å². The molecule has 1 aromatic heterocycles. The Hall–Kier alpha value is -1.83. The predicted octanol–water partition coefficient (Wildman–Crippen LogP) is 4.06. The Morgan fingerprint density at radius 1 is 1.05 bits per heavy atom. The third-order valence-corrected chi connectivity index (χ3v) is 4.09. The molecule has 0 bridgehead atoms. The zero-order valence-corrected chi connectivity index (χ0v) is 12.0. The van der Waals surface area contributed by atoms with Crippen molar-refractivity contribution < 1.29 is 5.11 Å². The van der Waals surface area contributed by atoms with Crippen LogP contribution in [0.3, 0.4) is 0 Å².